The third kappa shape index (κ3) is 19.2. The van der Waals surface area contributed by atoms with Crippen molar-refractivity contribution in [3.05, 3.63) is 82.0 Å². The van der Waals surface area contributed by atoms with Gasteiger partial charge in [-0.2, -0.15) is 0 Å². The lowest BCUT2D eigenvalue weighted by molar-refractivity contribution is -0.151. The van der Waals surface area contributed by atoms with Crippen LogP contribution in [0.1, 0.15) is 102 Å². The first-order valence-electron chi connectivity index (χ1n) is 15.4. The molecule has 1 amide bonds. The molecule has 0 saturated heterocycles. The van der Waals surface area contributed by atoms with Crippen molar-refractivity contribution in [2.24, 2.45) is 5.92 Å². The van der Waals surface area contributed by atoms with Crippen LogP contribution in [0.15, 0.2) is 54.7 Å². The van der Waals surface area contributed by atoms with Crippen LogP contribution in [-0.4, -0.2) is 47.6 Å². The maximum Gasteiger partial charge on any atom is 0.220 e. The second-order valence-corrected chi connectivity index (χ2v) is 10.8. The van der Waals surface area contributed by atoms with Gasteiger partial charge in [0.05, 0.1) is 18.1 Å². The Hall–Kier alpha value is -2.77. The average molecular weight is 624 g/mol. The summed E-state index contributed by atoms with van der Waals surface area (Å²) in [6.07, 6.45) is 3.00. The van der Waals surface area contributed by atoms with Crippen molar-refractivity contribution in [1.82, 2.24) is 15.6 Å². The quantitative estimate of drug-likeness (QED) is 0.178. The zero-order valence-corrected chi connectivity index (χ0v) is 29.0. The van der Waals surface area contributed by atoms with Gasteiger partial charge in [-0.15, -0.1) is 8.96 Å². The van der Waals surface area contributed by atoms with Gasteiger partial charge in [-0.25, -0.2) is 0 Å². The fraction of sp³-hybridized carbons (Fsp3) is 0.543. The van der Waals surface area contributed by atoms with Gasteiger partial charge in [0.2, 0.25) is 5.91 Å². The third-order valence-electron chi connectivity index (χ3n) is 6.72. The van der Waals surface area contributed by atoms with E-state index in [4.69, 9.17) is 11.6 Å². The van der Waals surface area contributed by atoms with Crippen LogP contribution in [0.5, 0.6) is 0 Å². The standard InChI is InChI=1S/C14H28N2O.C10H10ClF2NO.C9H12.C2H6/c1-7-12(5)9-14(17)15-10-13(6)16(8-2)11(3)4;1-7(15)9-3-2-8(6-10(9)11)4-5-14(12)13;1-3-9-7-5-4-6-8(9)2;1-2/h11-12H,6-10H2,1-5H3,(H,15,17);2-3,6H,4-5H2,1H3;4-7H,3H2,1-2H3;1-2H3. The van der Waals surface area contributed by atoms with Crippen LogP contribution in [0.25, 0.3) is 0 Å². The van der Waals surface area contributed by atoms with Gasteiger partial charge in [-0.3, -0.25) is 9.59 Å². The zero-order valence-electron chi connectivity index (χ0n) is 28.2. The molecule has 1 atom stereocenters. The van der Waals surface area contributed by atoms with Crippen molar-refractivity contribution in [2.45, 2.75) is 101 Å². The van der Waals surface area contributed by atoms with E-state index < -0.39 is 5.34 Å². The van der Waals surface area contributed by atoms with Crippen LogP contribution in [0.2, 0.25) is 5.02 Å². The zero-order chi connectivity index (χ0) is 33.5. The van der Waals surface area contributed by atoms with Gasteiger partial charge in [0.1, 0.15) is 0 Å². The number of benzene rings is 2. The van der Waals surface area contributed by atoms with Crippen molar-refractivity contribution >= 4 is 23.3 Å². The Balaban J connectivity index is 0. The molecule has 43 heavy (non-hydrogen) atoms. The summed E-state index contributed by atoms with van der Waals surface area (Å²) in [5.74, 6) is 0.445. The molecule has 0 radical (unpaired) electrons. The van der Waals surface area contributed by atoms with E-state index in [0.717, 1.165) is 25.1 Å². The Morgan fingerprint density at radius 2 is 1.63 bits per heavy atom. The molecule has 2 aromatic carbocycles. The van der Waals surface area contributed by atoms with Crippen LogP contribution in [0, 0.1) is 12.8 Å². The third-order valence-corrected chi connectivity index (χ3v) is 7.03. The molecule has 0 aliphatic carbocycles. The lowest BCUT2D eigenvalue weighted by atomic mass is 10.1. The van der Waals surface area contributed by atoms with Gasteiger partial charge in [0.25, 0.3) is 0 Å². The highest BCUT2D eigenvalue weighted by Gasteiger charge is 2.12. The minimum Gasteiger partial charge on any atom is -0.372 e. The highest BCUT2D eigenvalue weighted by molar-refractivity contribution is 6.33. The maximum absolute atomic E-state index is 11.8. The summed E-state index contributed by atoms with van der Waals surface area (Å²) in [6, 6.07) is 13.7. The van der Waals surface area contributed by atoms with E-state index in [9.17, 15) is 18.6 Å². The summed E-state index contributed by atoms with van der Waals surface area (Å²) >= 11 is 5.82. The molecule has 0 bridgehead atoms. The van der Waals surface area contributed by atoms with Crippen LogP contribution < -0.4 is 5.32 Å². The number of hydrogen-bond donors (Lipinski definition) is 1. The number of halogens is 3. The number of hydrogen-bond acceptors (Lipinski definition) is 4. The maximum atomic E-state index is 11.8. The molecule has 0 saturated carbocycles. The Morgan fingerprint density at radius 3 is 2.05 bits per heavy atom. The molecule has 0 aliphatic rings. The van der Waals surface area contributed by atoms with Gasteiger partial charge in [0, 0.05) is 35.6 Å². The number of likely N-dealkylation sites (N-methyl/N-ethyl adjacent to an activating group) is 1. The highest BCUT2D eigenvalue weighted by Crippen LogP contribution is 2.19. The van der Waals surface area contributed by atoms with Crippen molar-refractivity contribution in [3.8, 4) is 0 Å². The molecule has 2 aromatic rings. The number of amides is 1. The monoisotopic (exact) mass is 623 g/mol. The van der Waals surface area contributed by atoms with Gasteiger partial charge >= 0.3 is 0 Å². The van der Waals surface area contributed by atoms with E-state index in [1.807, 2.05) is 13.8 Å². The number of rotatable bonds is 13. The molecule has 0 fully saturated rings. The molecule has 1 unspecified atom stereocenters. The van der Waals surface area contributed by atoms with E-state index in [1.165, 1.54) is 18.1 Å². The molecule has 1 N–H and O–H groups in total. The predicted octanol–water partition coefficient (Wildman–Crippen LogP) is 9.52. The fourth-order valence-corrected chi connectivity index (χ4v) is 4.35. The number of nitrogens with zero attached hydrogens (tertiary/aromatic N) is 2. The lowest BCUT2D eigenvalue weighted by Gasteiger charge is -2.29. The summed E-state index contributed by atoms with van der Waals surface area (Å²) in [4.78, 5) is 24.9. The SMILES string of the molecule is C=C(CNC(=O)CC(C)CC)N(CC)C(C)C.CC.CC(=O)c1ccc(CCN(F)F)cc1Cl.CCc1ccccc1C. The molecule has 0 spiro atoms. The van der Waals surface area contributed by atoms with Gasteiger partial charge in [-0.1, -0.05) is 89.6 Å². The van der Waals surface area contributed by atoms with E-state index >= 15 is 0 Å². The van der Waals surface area contributed by atoms with E-state index in [1.54, 1.807) is 18.2 Å². The number of Topliss-reactive ketones (excluding diaryl/α,β-unsaturated/α-hetero) is 1. The van der Waals surface area contributed by atoms with Crippen LogP contribution in [0.3, 0.4) is 0 Å². The molecule has 244 valence electrons. The number of carbonyl (C=O) groups excluding carboxylic acids is 2. The van der Waals surface area contributed by atoms with Crippen molar-refractivity contribution in [1.29, 1.82) is 0 Å². The Morgan fingerprint density at radius 1 is 1.02 bits per heavy atom. The molecular weight excluding hydrogens is 568 g/mol. The van der Waals surface area contributed by atoms with Gasteiger partial charge < -0.3 is 10.2 Å². The minimum atomic E-state index is -0.882. The smallest absolute Gasteiger partial charge is 0.220 e. The van der Waals surface area contributed by atoms with E-state index in [-0.39, 0.29) is 24.7 Å². The number of nitrogens with one attached hydrogen (secondary N) is 1. The Bertz CT molecular complexity index is 1080. The molecule has 8 heteroatoms. The van der Waals surface area contributed by atoms with E-state index in [0.29, 0.717) is 41.1 Å². The molecule has 2 rings (SSSR count). The summed E-state index contributed by atoms with van der Waals surface area (Å²) in [6.45, 7) is 25.5. The lowest BCUT2D eigenvalue weighted by Crippen LogP contribution is -2.36. The van der Waals surface area contributed by atoms with Gasteiger partial charge in [0.15, 0.2) is 5.78 Å². The predicted molar refractivity (Wildman–Crippen MR) is 180 cm³/mol. The fourth-order valence-electron chi connectivity index (χ4n) is 4.01. The largest absolute Gasteiger partial charge is 0.372 e. The summed E-state index contributed by atoms with van der Waals surface area (Å²) in [5.41, 5.74) is 4.94. The first-order chi connectivity index (χ1) is 20.3. The first-order valence-corrected chi connectivity index (χ1v) is 15.8. The number of carbonyl (C=O) groups is 2. The number of ketones is 1. The van der Waals surface area contributed by atoms with Crippen LogP contribution >= 0.6 is 11.6 Å². The van der Waals surface area contributed by atoms with Crippen LogP contribution in [-0.2, 0) is 17.6 Å². The van der Waals surface area contributed by atoms with E-state index in [2.05, 4.69) is 89.5 Å². The second-order valence-electron chi connectivity index (χ2n) is 10.4. The average Bonchev–Trinajstić information content (AvgIpc) is 2.97. The van der Waals surface area contributed by atoms with Crippen molar-refractivity contribution in [2.75, 3.05) is 19.6 Å². The van der Waals surface area contributed by atoms with Crippen molar-refractivity contribution in [3.63, 3.8) is 0 Å². The van der Waals surface area contributed by atoms with Crippen molar-refractivity contribution < 1.29 is 18.6 Å². The topological polar surface area (TPSA) is 52.7 Å². The molecule has 5 nitrogen and oxygen atoms in total. The Kier molecular flexibility index (Phi) is 24.3. The van der Waals surface area contributed by atoms with Gasteiger partial charge in [-0.05, 0) is 82.2 Å². The molecule has 0 aliphatic heterocycles. The molecule has 0 aromatic heterocycles. The highest BCUT2D eigenvalue weighted by atomic mass is 35.5. The molecule has 0 heterocycles. The minimum absolute atomic E-state index is 0.125. The Labute approximate surface area is 265 Å². The summed E-state index contributed by atoms with van der Waals surface area (Å²) in [5, 5.41) is 2.36. The summed E-state index contributed by atoms with van der Waals surface area (Å²) < 4.78 is 23.5. The number of aryl methyl sites for hydroxylation is 2. The summed E-state index contributed by atoms with van der Waals surface area (Å²) in [7, 11) is 0. The first kappa shape index (κ1) is 42.4. The molecular formula is C35H56ClF2N3O2. The normalized spacial score (nSPS) is 10.8. The van der Waals surface area contributed by atoms with Crippen LogP contribution in [0.4, 0.5) is 8.96 Å². The second kappa shape index (κ2) is 24.6.